The van der Waals surface area contributed by atoms with Gasteiger partial charge in [0, 0.05) is 11.3 Å². The maximum absolute atomic E-state index is 2.52. The summed E-state index contributed by atoms with van der Waals surface area (Å²) in [5.74, 6) is 0.495. The normalized spacial score (nSPS) is 28.4. The predicted molar refractivity (Wildman–Crippen MR) is 94.2 cm³/mol. The number of rotatable bonds is 2. The molecule has 0 aromatic heterocycles. The van der Waals surface area contributed by atoms with E-state index in [1.54, 1.807) is 0 Å². The molecule has 0 spiro atoms. The minimum absolute atomic E-state index is 0.101. The zero-order valence-corrected chi connectivity index (χ0v) is 13.5. The van der Waals surface area contributed by atoms with E-state index in [4.69, 9.17) is 0 Å². The van der Waals surface area contributed by atoms with E-state index in [-0.39, 0.29) is 10.8 Å². The van der Waals surface area contributed by atoms with Gasteiger partial charge < -0.3 is 0 Å². The van der Waals surface area contributed by atoms with Crippen molar-refractivity contribution in [3.8, 4) is 0 Å². The second-order valence-corrected chi connectivity index (χ2v) is 7.31. The Bertz CT molecular complexity index is 762. The van der Waals surface area contributed by atoms with Crippen molar-refractivity contribution in [3.05, 3.63) is 83.9 Å². The van der Waals surface area contributed by atoms with Gasteiger partial charge in [-0.25, -0.2) is 0 Å². The highest BCUT2D eigenvalue weighted by Crippen LogP contribution is 2.67. The molecule has 0 radical (unpaired) electrons. The average molecular weight is 286 g/mol. The molecule has 2 aliphatic rings. The second-order valence-electron chi connectivity index (χ2n) is 7.31. The van der Waals surface area contributed by atoms with Gasteiger partial charge in [-0.3, -0.25) is 0 Å². The molecule has 22 heavy (non-hydrogen) atoms. The van der Waals surface area contributed by atoms with Gasteiger partial charge in [-0.05, 0) is 27.7 Å². The van der Waals surface area contributed by atoms with Crippen LogP contribution < -0.4 is 0 Å². The number of hydrogen-bond acceptors (Lipinski definition) is 0. The van der Waals surface area contributed by atoms with Crippen LogP contribution in [0.5, 0.6) is 0 Å². The lowest BCUT2D eigenvalue weighted by Gasteiger charge is -2.37. The lowest BCUT2D eigenvalue weighted by molar-refractivity contribution is 0.216. The standard InChI is InChI=1S/C22H22/c1-21(2)20-14-19(17-12-8-5-9-13-17)22(21,3)15-18(20)16-10-6-4-7-11-16/h4-15,20H,1-3H3. The lowest BCUT2D eigenvalue weighted by atomic mass is 9.66. The van der Waals surface area contributed by atoms with Gasteiger partial charge >= 0.3 is 0 Å². The first-order valence-corrected chi connectivity index (χ1v) is 8.10. The summed E-state index contributed by atoms with van der Waals surface area (Å²) < 4.78 is 0. The van der Waals surface area contributed by atoms with Crippen molar-refractivity contribution >= 4 is 11.1 Å². The molecule has 2 aromatic rings. The van der Waals surface area contributed by atoms with Gasteiger partial charge in [0.15, 0.2) is 0 Å². The van der Waals surface area contributed by atoms with Gasteiger partial charge in [-0.15, -0.1) is 0 Å². The summed E-state index contributed by atoms with van der Waals surface area (Å²) >= 11 is 0. The topological polar surface area (TPSA) is 0 Å². The van der Waals surface area contributed by atoms with Crippen LogP contribution in [0.4, 0.5) is 0 Å². The van der Waals surface area contributed by atoms with E-state index in [1.165, 1.54) is 22.3 Å². The Morgan fingerprint density at radius 2 is 1.27 bits per heavy atom. The third-order valence-corrected chi connectivity index (χ3v) is 5.98. The zero-order valence-electron chi connectivity index (χ0n) is 13.5. The first-order chi connectivity index (χ1) is 10.5. The van der Waals surface area contributed by atoms with E-state index in [0.717, 1.165) is 0 Å². The van der Waals surface area contributed by atoms with E-state index in [2.05, 4.69) is 93.6 Å². The molecular formula is C22H22. The van der Waals surface area contributed by atoms with Crippen molar-refractivity contribution in [2.24, 2.45) is 16.7 Å². The Morgan fingerprint density at radius 3 is 1.77 bits per heavy atom. The molecule has 0 saturated heterocycles. The molecule has 0 heterocycles. The molecule has 2 bridgehead atoms. The number of benzene rings is 2. The first kappa shape index (κ1) is 13.6. The summed E-state index contributed by atoms with van der Waals surface area (Å²) in [7, 11) is 0. The van der Waals surface area contributed by atoms with E-state index >= 15 is 0 Å². The molecule has 110 valence electrons. The summed E-state index contributed by atoms with van der Waals surface area (Å²) in [6.45, 7) is 7.23. The minimum atomic E-state index is 0.101. The van der Waals surface area contributed by atoms with Crippen LogP contribution in [0.2, 0.25) is 0 Å². The van der Waals surface area contributed by atoms with Crippen molar-refractivity contribution in [3.63, 3.8) is 0 Å². The van der Waals surface area contributed by atoms with Crippen LogP contribution in [0.1, 0.15) is 31.9 Å². The fraction of sp³-hybridized carbons (Fsp3) is 0.273. The molecule has 2 aliphatic carbocycles. The Kier molecular flexibility index (Phi) is 2.75. The smallest absolute Gasteiger partial charge is 0.0173 e. The molecule has 4 rings (SSSR count). The fourth-order valence-corrected chi connectivity index (χ4v) is 4.27. The molecule has 0 N–H and O–H groups in total. The van der Waals surface area contributed by atoms with Crippen LogP contribution in [-0.2, 0) is 0 Å². The molecular weight excluding hydrogens is 264 g/mol. The first-order valence-electron chi connectivity index (χ1n) is 8.10. The van der Waals surface area contributed by atoms with Crippen LogP contribution in [-0.4, -0.2) is 0 Å². The van der Waals surface area contributed by atoms with Crippen molar-refractivity contribution < 1.29 is 0 Å². The van der Waals surface area contributed by atoms with Gasteiger partial charge in [0.1, 0.15) is 0 Å². The van der Waals surface area contributed by atoms with Gasteiger partial charge in [-0.2, -0.15) is 0 Å². The molecule has 0 nitrogen and oxygen atoms in total. The summed E-state index contributed by atoms with van der Waals surface area (Å²) in [5, 5.41) is 0. The van der Waals surface area contributed by atoms with Gasteiger partial charge in [0.2, 0.25) is 0 Å². The Hall–Kier alpha value is -2.08. The second kappa shape index (κ2) is 4.46. The van der Waals surface area contributed by atoms with Crippen LogP contribution in [0.3, 0.4) is 0 Å². The zero-order chi connectivity index (χ0) is 15.4. The summed E-state index contributed by atoms with van der Waals surface area (Å²) in [5.41, 5.74) is 6.04. The summed E-state index contributed by atoms with van der Waals surface area (Å²) in [6.07, 6.45) is 5.03. The third kappa shape index (κ3) is 1.64. The molecule has 2 unspecified atom stereocenters. The highest BCUT2D eigenvalue weighted by molar-refractivity contribution is 5.88. The van der Waals surface area contributed by atoms with Crippen molar-refractivity contribution in [2.75, 3.05) is 0 Å². The van der Waals surface area contributed by atoms with E-state index in [0.29, 0.717) is 5.92 Å². The van der Waals surface area contributed by atoms with E-state index < -0.39 is 0 Å². The average Bonchev–Trinajstić information content (AvgIpc) is 2.87. The molecule has 0 saturated carbocycles. The fourth-order valence-electron chi connectivity index (χ4n) is 4.27. The minimum Gasteiger partial charge on any atom is -0.0717 e. The van der Waals surface area contributed by atoms with Crippen molar-refractivity contribution in [1.29, 1.82) is 0 Å². The van der Waals surface area contributed by atoms with Gasteiger partial charge in [0.05, 0.1) is 0 Å². The molecule has 2 aromatic carbocycles. The molecule has 0 heteroatoms. The van der Waals surface area contributed by atoms with E-state index in [1.807, 2.05) is 0 Å². The SMILES string of the molecule is CC12C=C(c3ccccc3)C(C=C1c1ccccc1)C2(C)C. The number of allylic oxidation sites excluding steroid dienone is 4. The number of hydrogen-bond donors (Lipinski definition) is 0. The van der Waals surface area contributed by atoms with Gasteiger partial charge in [-0.1, -0.05) is 93.6 Å². The highest BCUT2D eigenvalue weighted by Gasteiger charge is 2.57. The van der Waals surface area contributed by atoms with Crippen molar-refractivity contribution in [2.45, 2.75) is 20.8 Å². The van der Waals surface area contributed by atoms with Crippen LogP contribution in [0.15, 0.2) is 72.8 Å². The van der Waals surface area contributed by atoms with Crippen molar-refractivity contribution in [1.82, 2.24) is 0 Å². The maximum Gasteiger partial charge on any atom is 0.0173 e. The monoisotopic (exact) mass is 286 g/mol. The van der Waals surface area contributed by atoms with E-state index in [9.17, 15) is 0 Å². The van der Waals surface area contributed by atoms with Crippen LogP contribution >= 0.6 is 0 Å². The maximum atomic E-state index is 2.52. The third-order valence-electron chi connectivity index (χ3n) is 5.98. The largest absolute Gasteiger partial charge is 0.0717 e. The highest BCUT2D eigenvalue weighted by atomic mass is 14.6. The lowest BCUT2D eigenvalue weighted by Crippen LogP contribution is -2.30. The van der Waals surface area contributed by atoms with Crippen LogP contribution in [0.25, 0.3) is 11.1 Å². The Balaban J connectivity index is 1.83. The summed E-state index contributed by atoms with van der Waals surface area (Å²) in [4.78, 5) is 0. The Labute approximate surface area is 133 Å². The predicted octanol–water partition coefficient (Wildman–Crippen LogP) is 5.83. The van der Waals surface area contributed by atoms with Gasteiger partial charge in [0.25, 0.3) is 0 Å². The molecule has 0 fully saturated rings. The summed E-state index contributed by atoms with van der Waals surface area (Å²) in [6, 6.07) is 21.7. The molecule has 0 amide bonds. The molecule has 2 atom stereocenters. The number of fused-ring (bicyclic) bond motifs is 2. The Morgan fingerprint density at radius 1 is 0.727 bits per heavy atom. The molecule has 0 aliphatic heterocycles. The quantitative estimate of drug-likeness (QED) is 0.651. The van der Waals surface area contributed by atoms with Crippen LogP contribution in [0, 0.1) is 16.7 Å².